The van der Waals surface area contributed by atoms with Crippen LogP contribution in [-0.4, -0.2) is 35.7 Å². The van der Waals surface area contributed by atoms with Gasteiger partial charge in [0.05, 0.1) is 0 Å². The van der Waals surface area contributed by atoms with E-state index in [9.17, 15) is 13.6 Å². The van der Waals surface area contributed by atoms with Crippen molar-refractivity contribution in [3.05, 3.63) is 35.4 Å². The number of halogens is 2. The summed E-state index contributed by atoms with van der Waals surface area (Å²) in [4.78, 5) is 12.1. The van der Waals surface area contributed by atoms with Crippen molar-refractivity contribution in [3.8, 4) is 0 Å². The van der Waals surface area contributed by atoms with E-state index in [4.69, 9.17) is 5.11 Å². The van der Waals surface area contributed by atoms with Crippen LogP contribution < -0.4 is 5.32 Å². The second kappa shape index (κ2) is 7.22. The number of thioether (sulfide) groups is 1. The molecule has 1 amide bonds. The second-order valence-electron chi connectivity index (χ2n) is 5.29. The first-order chi connectivity index (χ1) is 10.1. The molecule has 3 nitrogen and oxygen atoms in total. The largest absolute Gasteiger partial charge is 0.396 e. The van der Waals surface area contributed by atoms with Crippen LogP contribution in [0.2, 0.25) is 0 Å². The molecule has 2 N–H and O–H groups in total. The summed E-state index contributed by atoms with van der Waals surface area (Å²) in [5.41, 5.74) is 0.277. The molecule has 0 aromatic heterocycles. The number of hydrogen-bond donors (Lipinski definition) is 2. The van der Waals surface area contributed by atoms with Crippen LogP contribution in [0.4, 0.5) is 8.78 Å². The smallest absolute Gasteiger partial charge is 0.223 e. The first-order valence-corrected chi connectivity index (χ1v) is 8.31. The van der Waals surface area contributed by atoms with Crippen molar-refractivity contribution in [2.45, 2.75) is 24.8 Å². The van der Waals surface area contributed by atoms with Crippen molar-refractivity contribution in [1.29, 1.82) is 0 Å². The molecule has 1 aliphatic carbocycles. The molecule has 0 heterocycles. The average molecular weight is 315 g/mol. The molecule has 3 unspecified atom stereocenters. The zero-order valence-corrected chi connectivity index (χ0v) is 12.6. The van der Waals surface area contributed by atoms with Gasteiger partial charge in [0, 0.05) is 24.3 Å². The number of carbonyl (C=O) groups is 1. The van der Waals surface area contributed by atoms with Gasteiger partial charge >= 0.3 is 0 Å². The van der Waals surface area contributed by atoms with Crippen LogP contribution in [0.5, 0.6) is 0 Å². The lowest BCUT2D eigenvalue weighted by Gasteiger charge is -2.16. The highest BCUT2D eigenvalue weighted by Crippen LogP contribution is 2.48. The molecule has 2 rings (SSSR count). The maximum atomic E-state index is 13.7. The number of hydrogen-bond acceptors (Lipinski definition) is 3. The Morgan fingerprint density at radius 3 is 2.95 bits per heavy atom. The lowest BCUT2D eigenvalue weighted by Crippen LogP contribution is -2.38. The van der Waals surface area contributed by atoms with E-state index in [1.54, 1.807) is 11.8 Å². The normalized spacial score (nSPS) is 21.9. The average Bonchev–Trinajstić information content (AvgIpc) is 3.22. The minimum absolute atomic E-state index is 0.0120. The van der Waals surface area contributed by atoms with Crippen molar-refractivity contribution in [1.82, 2.24) is 5.32 Å². The molecule has 1 fully saturated rings. The molecule has 0 spiro atoms. The fourth-order valence-corrected chi connectivity index (χ4v) is 3.14. The van der Waals surface area contributed by atoms with E-state index in [1.807, 2.05) is 6.26 Å². The lowest BCUT2D eigenvalue weighted by molar-refractivity contribution is -0.123. The molecule has 3 atom stereocenters. The summed E-state index contributed by atoms with van der Waals surface area (Å²) in [6.07, 6.45) is 2.97. The highest BCUT2D eigenvalue weighted by atomic mass is 32.2. The predicted octanol–water partition coefficient (Wildman–Crippen LogP) is 2.30. The zero-order valence-electron chi connectivity index (χ0n) is 11.8. The fraction of sp³-hybridized carbons (Fsp3) is 0.533. The molecular weight excluding hydrogens is 296 g/mol. The van der Waals surface area contributed by atoms with Crippen molar-refractivity contribution in [3.63, 3.8) is 0 Å². The molecule has 1 aliphatic rings. The zero-order chi connectivity index (χ0) is 15.4. The van der Waals surface area contributed by atoms with Gasteiger partial charge in [-0.25, -0.2) is 8.78 Å². The molecule has 1 aromatic carbocycles. The molecule has 0 aliphatic heterocycles. The second-order valence-corrected chi connectivity index (χ2v) is 6.20. The summed E-state index contributed by atoms with van der Waals surface area (Å²) in [5.74, 6) is -0.922. The van der Waals surface area contributed by atoms with E-state index in [-0.39, 0.29) is 36.0 Å². The minimum Gasteiger partial charge on any atom is -0.396 e. The van der Waals surface area contributed by atoms with E-state index in [0.29, 0.717) is 12.8 Å². The number of rotatable bonds is 7. The molecule has 1 aromatic rings. The third-order valence-corrected chi connectivity index (χ3v) is 4.41. The van der Waals surface area contributed by atoms with Crippen molar-refractivity contribution in [2.75, 3.05) is 18.6 Å². The van der Waals surface area contributed by atoms with E-state index in [0.717, 1.165) is 17.9 Å². The van der Waals surface area contributed by atoms with E-state index >= 15 is 0 Å². The molecule has 0 saturated heterocycles. The maximum absolute atomic E-state index is 13.7. The van der Waals surface area contributed by atoms with Crippen LogP contribution in [0.15, 0.2) is 18.2 Å². The van der Waals surface area contributed by atoms with Crippen molar-refractivity contribution >= 4 is 17.7 Å². The van der Waals surface area contributed by atoms with Crippen LogP contribution in [0.1, 0.15) is 24.3 Å². The van der Waals surface area contributed by atoms with Gasteiger partial charge in [-0.15, -0.1) is 0 Å². The van der Waals surface area contributed by atoms with Crippen LogP contribution in [0.25, 0.3) is 0 Å². The Hall–Kier alpha value is -1.14. The number of aliphatic hydroxyl groups is 1. The maximum Gasteiger partial charge on any atom is 0.223 e. The highest BCUT2D eigenvalue weighted by molar-refractivity contribution is 7.98. The quantitative estimate of drug-likeness (QED) is 0.812. The topological polar surface area (TPSA) is 49.3 Å². The molecule has 0 radical (unpaired) electrons. The number of carbonyl (C=O) groups excluding carboxylic acids is 1. The van der Waals surface area contributed by atoms with Crippen LogP contribution in [0.3, 0.4) is 0 Å². The van der Waals surface area contributed by atoms with Gasteiger partial charge < -0.3 is 10.4 Å². The number of benzene rings is 1. The third-order valence-electron chi connectivity index (χ3n) is 3.68. The van der Waals surface area contributed by atoms with Gasteiger partial charge in [0.2, 0.25) is 5.91 Å². The predicted molar refractivity (Wildman–Crippen MR) is 79.2 cm³/mol. The van der Waals surface area contributed by atoms with Gasteiger partial charge in [-0.1, -0.05) is 0 Å². The van der Waals surface area contributed by atoms with Crippen LogP contribution in [0, 0.1) is 17.6 Å². The Morgan fingerprint density at radius 1 is 1.52 bits per heavy atom. The minimum atomic E-state index is -0.488. The summed E-state index contributed by atoms with van der Waals surface area (Å²) in [6, 6.07) is 3.25. The summed E-state index contributed by atoms with van der Waals surface area (Å²) in [7, 11) is 0. The standard InChI is InChI=1S/C15H19F2NO2S/c1-21-8-10(4-5-19)18-15(20)13-7-11(13)12-6-9(16)2-3-14(12)17/h2-3,6,10-11,13,19H,4-5,7-8H2,1H3,(H,18,20). The molecule has 21 heavy (non-hydrogen) atoms. The van der Waals surface area contributed by atoms with Crippen molar-refractivity contribution < 1.29 is 18.7 Å². The Morgan fingerprint density at radius 2 is 2.29 bits per heavy atom. The monoisotopic (exact) mass is 315 g/mol. The Balaban J connectivity index is 1.95. The first-order valence-electron chi connectivity index (χ1n) is 6.92. The Labute approximate surface area is 127 Å². The summed E-state index contributed by atoms with van der Waals surface area (Å²) >= 11 is 1.59. The lowest BCUT2D eigenvalue weighted by atomic mass is 10.1. The molecular formula is C15H19F2NO2S. The number of aliphatic hydroxyl groups excluding tert-OH is 1. The number of nitrogens with one attached hydrogen (secondary N) is 1. The summed E-state index contributed by atoms with van der Waals surface area (Å²) < 4.78 is 26.8. The van der Waals surface area contributed by atoms with Crippen LogP contribution >= 0.6 is 11.8 Å². The van der Waals surface area contributed by atoms with E-state index in [1.165, 1.54) is 6.07 Å². The van der Waals surface area contributed by atoms with Gasteiger partial charge in [0.25, 0.3) is 0 Å². The van der Waals surface area contributed by atoms with Crippen LogP contribution in [-0.2, 0) is 4.79 Å². The fourth-order valence-electron chi connectivity index (χ4n) is 2.49. The van der Waals surface area contributed by atoms with Crippen molar-refractivity contribution in [2.24, 2.45) is 5.92 Å². The Kier molecular flexibility index (Phi) is 5.58. The van der Waals surface area contributed by atoms with Gasteiger partial charge in [0.15, 0.2) is 0 Å². The number of amides is 1. The Bertz CT molecular complexity index is 506. The SMILES string of the molecule is CSCC(CCO)NC(=O)C1CC1c1cc(F)ccc1F. The van der Waals surface area contributed by atoms with Gasteiger partial charge in [0.1, 0.15) is 11.6 Å². The van der Waals surface area contributed by atoms with E-state index in [2.05, 4.69) is 5.32 Å². The van der Waals surface area contributed by atoms with Gasteiger partial charge in [-0.3, -0.25) is 4.79 Å². The molecule has 1 saturated carbocycles. The summed E-state index contributed by atoms with van der Waals surface area (Å²) in [5, 5.41) is 11.9. The highest BCUT2D eigenvalue weighted by Gasteiger charge is 2.45. The first kappa shape index (κ1) is 16.2. The van der Waals surface area contributed by atoms with Gasteiger partial charge in [-0.05, 0) is 48.8 Å². The molecule has 0 bridgehead atoms. The molecule has 116 valence electrons. The third kappa shape index (κ3) is 4.17. The summed E-state index contributed by atoms with van der Waals surface area (Å²) in [6.45, 7) is 0.0120. The van der Waals surface area contributed by atoms with E-state index < -0.39 is 11.6 Å². The molecule has 6 heteroatoms. The van der Waals surface area contributed by atoms with Gasteiger partial charge in [-0.2, -0.15) is 11.8 Å².